The molecule has 2 N–H and O–H groups in total. The van der Waals surface area contributed by atoms with Gasteiger partial charge in [0.1, 0.15) is 6.54 Å². The molecule has 2 heterocycles. The number of imidazole rings is 1. The number of nitrogens with one attached hydrogen (secondary N) is 2. The van der Waals surface area contributed by atoms with Gasteiger partial charge in [0.05, 0.1) is 17.6 Å². The Labute approximate surface area is 179 Å². The average molecular weight is 454 g/mol. The van der Waals surface area contributed by atoms with Crippen LogP contribution < -0.4 is 11.0 Å². The lowest BCUT2D eigenvalue weighted by atomic mass is 10.1. The summed E-state index contributed by atoms with van der Waals surface area (Å²) in [6, 6.07) is 7.99. The Balaban J connectivity index is 1.92. The normalized spacial score (nSPS) is 11.6. The van der Waals surface area contributed by atoms with Crippen LogP contribution in [0, 0.1) is 6.92 Å². The molecule has 2 aromatic heterocycles. The van der Waals surface area contributed by atoms with Crippen LogP contribution >= 0.6 is 11.3 Å². The summed E-state index contributed by atoms with van der Waals surface area (Å²) in [5.41, 5.74) is -0.529. The molecule has 0 atom stereocenters. The molecule has 7 nitrogen and oxygen atoms in total. The van der Waals surface area contributed by atoms with Gasteiger partial charge in [0, 0.05) is 35.3 Å². The Morgan fingerprint density at radius 3 is 2.58 bits per heavy atom. The van der Waals surface area contributed by atoms with Crippen LogP contribution in [0.3, 0.4) is 0 Å². The molecule has 166 valence electrons. The summed E-state index contributed by atoms with van der Waals surface area (Å²) in [4.78, 5) is 42.2. The van der Waals surface area contributed by atoms with Crippen LogP contribution in [0.5, 0.6) is 0 Å². The van der Waals surface area contributed by atoms with Gasteiger partial charge in [-0.05, 0) is 37.3 Å². The number of H-pyrrole nitrogens is 1. The summed E-state index contributed by atoms with van der Waals surface area (Å²) in [5, 5.41) is 2.64. The van der Waals surface area contributed by atoms with Gasteiger partial charge in [-0.15, -0.1) is 11.3 Å². The SMILES string of the molecule is CC(=O)NCCN(Cc1ccc(C)s1)C(=O)c1ccc2[nH]c(=O)n(CC(F)(F)F)c2c1. The lowest BCUT2D eigenvalue weighted by Gasteiger charge is -2.22. The highest BCUT2D eigenvalue weighted by Crippen LogP contribution is 2.22. The Kier molecular flexibility index (Phi) is 6.54. The highest BCUT2D eigenvalue weighted by atomic mass is 32.1. The number of aromatic amines is 1. The monoisotopic (exact) mass is 454 g/mol. The van der Waals surface area contributed by atoms with Crippen molar-refractivity contribution in [3.05, 3.63) is 56.1 Å². The Morgan fingerprint density at radius 1 is 1.23 bits per heavy atom. The van der Waals surface area contributed by atoms with E-state index in [1.54, 1.807) is 0 Å². The molecule has 3 rings (SSSR count). The second kappa shape index (κ2) is 8.96. The predicted molar refractivity (Wildman–Crippen MR) is 111 cm³/mol. The molecule has 0 aliphatic heterocycles. The summed E-state index contributed by atoms with van der Waals surface area (Å²) >= 11 is 1.53. The number of aromatic nitrogens is 2. The van der Waals surface area contributed by atoms with Crippen LogP contribution in [-0.2, 0) is 17.9 Å². The molecule has 3 aromatic rings. The van der Waals surface area contributed by atoms with Gasteiger partial charge in [-0.2, -0.15) is 13.2 Å². The first kappa shape index (κ1) is 22.6. The van der Waals surface area contributed by atoms with Crippen LogP contribution in [-0.4, -0.2) is 45.5 Å². The third-order valence-corrected chi connectivity index (χ3v) is 5.53. The summed E-state index contributed by atoms with van der Waals surface area (Å²) in [7, 11) is 0. The number of thiophene rings is 1. The third kappa shape index (κ3) is 5.75. The fourth-order valence-corrected chi connectivity index (χ4v) is 4.09. The number of nitrogens with zero attached hydrogens (tertiary/aromatic N) is 2. The van der Waals surface area contributed by atoms with Gasteiger partial charge >= 0.3 is 11.9 Å². The first-order chi connectivity index (χ1) is 14.5. The van der Waals surface area contributed by atoms with E-state index in [9.17, 15) is 27.6 Å². The quantitative estimate of drug-likeness (QED) is 0.575. The number of amides is 2. The van der Waals surface area contributed by atoms with E-state index in [1.165, 1.54) is 41.4 Å². The van der Waals surface area contributed by atoms with E-state index >= 15 is 0 Å². The van der Waals surface area contributed by atoms with E-state index in [2.05, 4.69) is 10.3 Å². The number of benzene rings is 1. The van der Waals surface area contributed by atoms with Crippen LogP contribution in [0.4, 0.5) is 13.2 Å². The minimum absolute atomic E-state index is 0.00181. The first-order valence-electron chi connectivity index (χ1n) is 9.42. The Hall–Kier alpha value is -3.08. The van der Waals surface area contributed by atoms with Gasteiger partial charge in [-0.3, -0.25) is 14.2 Å². The molecule has 0 radical (unpaired) electrons. The predicted octanol–water partition coefficient (Wildman–Crippen LogP) is 3.04. The summed E-state index contributed by atoms with van der Waals surface area (Å²) in [5.74, 6) is -0.644. The van der Waals surface area contributed by atoms with E-state index in [0.29, 0.717) is 4.57 Å². The zero-order chi connectivity index (χ0) is 22.8. The molecule has 0 saturated heterocycles. The van der Waals surface area contributed by atoms with Crippen molar-refractivity contribution >= 4 is 34.2 Å². The molecule has 11 heteroatoms. The molecule has 0 bridgehead atoms. The van der Waals surface area contributed by atoms with Gasteiger partial charge in [0.15, 0.2) is 0 Å². The smallest absolute Gasteiger partial charge is 0.355 e. The molecule has 0 unspecified atom stereocenters. The zero-order valence-corrected chi connectivity index (χ0v) is 17.7. The minimum atomic E-state index is -4.58. The molecular formula is C20H21F3N4O3S. The summed E-state index contributed by atoms with van der Waals surface area (Å²) < 4.78 is 39.2. The van der Waals surface area contributed by atoms with E-state index < -0.39 is 24.3 Å². The number of carbonyl (C=O) groups excluding carboxylic acids is 2. The van der Waals surface area contributed by atoms with Gasteiger partial charge < -0.3 is 15.2 Å². The molecule has 31 heavy (non-hydrogen) atoms. The van der Waals surface area contributed by atoms with Crippen molar-refractivity contribution in [2.24, 2.45) is 0 Å². The summed E-state index contributed by atoms with van der Waals surface area (Å²) in [6.07, 6.45) is -4.58. The average Bonchev–Trinajstić information content (AvgIpc) is 3.21. The number of halogens is 3. The Morgan fingerprint density at radius 2 is 1.97 bits per heavy atom. The number of fused-ring (bicyclic) bond motifs is 1. The topological polar surface area (TPSA) is 87.2 Å². The van der Waals surface area contributed by atoms with Crippen molar-refractivity contribution < 1.29 is 22.8 Å². The molecule has 2 amide bonds. The van der Waals surface area contributed by atoms with Crippen molar-refractivity contribution in [1.29, 1.82) is 0 Å². The van der Waals surface area contributed by atoms with Crippen molar-refractivity contribution in [2.75, 3.05) is 13.1 Å². The fourth-order valence-electron chi connectivity index (χ4n) is 3.18. The first-order valence-corrected chi connectivity index (χ1v) is 10.2. The van der Waals surface area contributed by atoms with Crippen molar-refractivity contribution in [2.45, 2.75) is 33.1 Å². The van der Waals surface area contributed by atoms with E-state index in [-0.39, 0.29) is 42.1 Å². The second-order valence-corrected chi connectivity index (χ2v) is 8.46. The van der Waals surface area contributed by atoms with Gasteiger partial charge in [-0.1, -0.05) is 0 Å². The summed E-state index contributed by atoms with van der Waals surface area (Å²) in [6.45, 7) is 2.60. The lowest BCUT2D eigenvalue weighted by molar-refractivity contribution is -0.140. The van der Waals surface area contributed by atoms with E-state index in [1.807, 2.05) is 19.1 Å². The number of alkyl halides is 3. The number of rotatable bonds is 7. The highest BCUT2D eigenvalue weighted by Gasteiger charge is 2.30. The molecule has 0 spiro atoms. The maximum atomic E-state index is 13.2. The van der Waals surface area contributed by atoms with Crippen LogP contribution in [0.15, 0.2) is 35.1 Å². The zero-order valence-electron chi connectivity index (χ0n) is 16.9. The standard InChI is InChI=1S/C20H21F3N4O3S/c1-12-3-5-15(31-12)10-26(8-7-24-13(2)28)18(29)14-4-6-16-17(9-14)27(19(30)25-16)11-20(21,22)23/h3-6,9H,7-8,10-11H2,1-2H3,(H,24,28)(H,25,30). The maximum Gasteiger partial charge on any atom is 0.406 e. The number of hydrogen-bond donors (Lipinski definition) is 2. The second-order valence-electron chi connectivity index (χ2n) is 7.09. The number of hydrogen-bond acceptors (Lipinski definition) is 4. The minimum Gasteiger partial charge on any atom is -0.355 e. The third-order valence-electron chi connectivity index (χ3n) is 4.55. The fraction of sp³-hybridized carbons (Fsp3) is 0.350. The van der Waals surface area contributed by atoms with Crippen molar-refractivity contribution in [3.63, 3.8) is 0 Å². The Bertz CT molecular complexity index is 1160. The maximum absolute atomic E-state index is 13.2. The highest BCUT2D eigenvalue weighted by molar-refractivity contribution is 7.11. The van der Waals surface area contributed by atoms with Crippen LogP contribution in [0.25, 0.3) is 11.0 Å². The number of carbonyl (C=O) groups is 2. The van der Waals surface area contributed by atoms with Crippen LogP contribution in [0.1, 0.15) is 27.0 Å². The van der Waals surface area contributed by atoms with Crippen molar-refractivity contribution in [3.8, 4) is 0 Å². The molecular weight excluding hydrogens is 433 g/mol. The molecule has 0 aliphatic carbocycles. The largest absolute Gasteiger partial charge is 0.406 e. The van der Waals surface area contributed by atoms with Gasteiger partial charge in [-0.25, -0.2) is 4.79 Å². The van der Waals surface area contributed by atoms with Crippen LogP contribution in [0.2, 0.25) is 0 Å². The molecule has 1 aromatic carbocycles. The lowest BCUT2D eigenvalue weighted by Crippen LogP contribution is -2.37. The van der Waals surface area contributed by atoms with E-state index in [4.69, 9.17) is 0 Å². The molecule has 0 aliphatic rings. The van der Waals surface area contributed by atoms with E-state index in [0.717, 1.165) is 9.75 Å². The molecule has 0 saturated carbocycles. The van der Waals surface area contributed by atoms with Crippen molar-refractivity contribution in [1.82, 2.24) is 19.8 Å². The van der Waals surface area contributed by atoms with Gasteiger partial charge in [0.25, 0.3) is 5.91 Å². The number of aryl methyl sites for hydroxylation is 1. The van der Waals surface area contributed by atoms with Gasteiger partial charge in [0.2, 0.25) is 5.91 Å². The molecule has 0 fully saturated rings.